The number of carbonyl (C=O) groups excluding carboxylic acids is 1. The van der Waals surface area contributed by atoms with Crippen molar-refractivity contribution in [1.82, 2.24) is 4.90 Å². The van der Waals surface area contributed by atoms with Crippen LogP contribution in [0.4, 0.5) is 10.1 Å². The van der Waals surface area contributed by atoms with E-state index in [1.165, 1.54) is 12.1 Å². The third-order valence-corrected chi connectivity index (χ3v) is 3.36. The summed E-state index contributed by atoms with van der Waals surface area (Å²) < 4.78 is 12.8. The van der Waals surface area contributed by atoms with Crippen LogP contribution in [0, 0.1) is 5.82 Å². The number of carbonyl (C=O) groups is 1. The topological polar surface area (TPSA) is 23.6 Å². The van der Waals surface area contributed by atoms with Crippen LogP contribution in [0.25, 0.3) is 0 Å². The summed E-state index contributed by atoms with van der Waals surface area (Å²) in [7, 11) is 0. The zero-order valence-electron chi connectivity index (χ0n) is 10.5. The fourth-order valence-electron chi connectivity index (χ4n) is 2.28. The average Bonchev–Trinajstić information content (AvgIpc) is 2.41. The van der Waals surface area contributed by atoms with Crippen LogP contribution in [0.15, 0.2) is 24.3 Å². The number of hydrogen-bond donors (Lipinski definition) is 0. The molecule has 98 valence electrons. The van der Waals surface area contributed by atoms with E-state index in [9.17, 15) is 9.18 Å². The van der Waals surface area contributed by atoms with Gasteiger partial charge in [0, 0.05) is 38.3 Å². The minimum absolute atomic E-state index is 0.189. The Morgan fingerprint density at radius 3 is 2.39 bits per heavy atom. The molecule has 0 radical (unpaired) electrons. The van der Waals surface area contributed by atoms with E-state index in [0.717, 1.165) is 51.1 Å². The molecule has 3 nitrogen and oxygen atoms in total. The molecule has 1 heterocycles. The lowest BCUT2D eigenvalue weighted by Gasteiger charge is -2.36. The van der Waals surface area contributed by atoms with Gasteiger partial charge in [0.1, 0.15) is 12.1 Å². The number of benzene rings is 1. The first-order valence-corrected chi connectivity index (χ1v) is 6.46. The van der Waals surface area contributed by atoms with E-state index in [1.54, 1.807) is 0 Å². The second kappa shape index (κ2) is 6.50. The summed E-state index contributed by atoms with van der Waals surface area (Å²) in [5, 5.41) is 0. The molecule has 0 atom stereocenters. The first-order valence-electron chi connectivity index (χ1n) is 6.46. The largest absolute Gasteiger partial charge is 0.369 e. The third-order valence-electron chi connectivity index (χ3n) is 3.36. The molecular formula is C14H19FN2O. The molecule has 0 N–H and O–H groups in total. The number of aldehydes is 1. The molecule has 1 saturated heterocycles. The van der Waals surface area contributed by atoms with E-state index >= 15 is 0 Å². The van der Waals surface area contributed by atoms with Gasteiger partial charge in [0.15, 0.2) is 0 Å². The second-order valence-corrected chi connectivity index (χ2v) is 4.61. The van der Waals surface area contributed by atoms with Crippen molar-refractivity contribution in [1.29, 1.82) is 0 Å². The molecule has 1 aromatic carbocycles. The Balaban J connectivity index is 1.79. The summed E-state index contributed by atoms with van der Waals surface area (Å²) in [6.07, 6.45) is 2.58. The van der Waals surface area contributed by atoms with Gasteiger partial charge in [0.05, 0.1) is 0 Å². The fourth-order valence-corrected chi connectivity index (χ4v) is 2.28. The van der Waals surface area contributed by atoms with E-state index in [4.69, 9.17) is 0 Å². The van der Waals surface area contributed by atoms with E-state index < -0.39 is 0 Å². The van der Waals surface area contributed by atoms with Crippen molar-refractivity contribution >= 4 is 12.0 Å². The lowest BCUT2D eigenvalue weighted by molar-refractivity contribution is -0.108. The lowest BCUT2D eigenvalue weighted by Crippen LogP contribution is -2.46. The zero-order valence-corrected chi connectivity index (χ0v) is 10.5. The summed E-state index contributed by atoms with van der Waals surface area (Å²) in [5.74, 6) is -0.189. The highest BCUT2D eigenvalue weighted by Crippen LogP contribution is 2.16. The Bertz CT molecular complexity index is 372. The SMILES string of the molecule is O=CCCCN1CCN(c2ccc(F)cc2)CC1. The maximum atomic E-state index is 12.8. The fraction of sp³-hybridized carbons (Fsp3) is 0.500. The monoisotopic (exact) mass is 250 g/mol. The van der Waals surface area contributed by atoms with Gasteiger partial charge < -0.3 is 9.69 Å². The Morgan fingerprint density at radius 2 is 1.78 bits per heavy atom. The summed E-state index contributed by atoms with van der Waals surface area (Å²) in [6, 6.07) is 6.67. The van der Waals surface area contributed by atoms with Crippen LogP contribution in [-0.4, -0.2) is 43.9 Å². The van der Waals surface area contributed by atoms with Gasteiger partial charge in [-0.2, -0.15) is 0 Å². The number of anilines is 1. The van der Waals surface area contributed by atoms with Crippen molar-refractivity contribution < 1.29 is 9.18 Å². The van der Waals surface area contributed by atoms with E-state index in [-0.39, 0.29) is 5.82 Å². The predicted octanol–water partition coefficient (Wildman–Crippen LogP) is 1.93. The highest BCUT2D eigenvalue weighted by molar-refractivity contribution is 5.49. The van der Waals surface area contributed by atoms with Gasteiger partial charge >= 0.3 is 0 Å². The van der Waals surface area contributed by atoms with E-state index in [2.05, 4.69) is 9.80 Å². The van der Waals surface area contributed by atoms with Gasteiger partial charge in [-0.15, -0.1) is 0 Å². The van der Waals surface area contributed by atoms with Gasteiger partial charge in [0.25, 0.3) is 0 Å². The molecule has 0 saturated carbocycles. The minimum atomic E-state index is -0.189. The van der Waals surface area contributed by atoms with Crippen LogP contribution >= 0.6 is 0 Å². The molecule has 0 amide bonds. The van der Waals surface area contributed by atoms with Crippen molar-refractivity contribution in [3.63, 3.8) is 0 Å². The zero-order chi connectivity index (χ0) is 12.8. The van der Waals surface area contributed by atoms with Gasteiger partial charge in [-0.25, -0.2) is 4.39 Å². The summed E-state index contributed by atoms with van der Waals surface area (Å²) in [6.45, 7) is 4.95. The second-order valence-electron chi connectivity index (χ2n) is 4.61. The molecule has 18 heavy (non-hydrogen) atoms. The Labute approximate surface area is 107 Å². The highest BCUT2D eigenvalue weighted by atomic mass is 19.1. The number of halogens is 1. The van der Waals surface area contributed by atoms with E-state index in [1.807, 2.05) is 12.1 Å². The average molecular weight is 250 g/mol. The van der Waals surface area contributed by atoms with Gasteiger partial charge in [-0.3, -0.25) is 4.90 Å². The highest BCUT2D eigenvalue weighted by Gasteiger charge is 2.16. The number of rotatable bonds is 5. The minimum Gasteiger partial charge on any atom is -0.369 e. The van der Waals surface area contributed by atoms with Crippen LogP contribution in [0.1, 0.15) is 12.8 Å². The van der Waals surface area contributed by atoms with Crippen LogP contribution in [0.3, 0.4) is 0 Å². The molecule has 0 bridgehead atoms. The summed E-state index contributed by atoms with van der Waals surface area (Å²) in [4.78, 5) is 14.9. The number of piperazine rings is 1. The van der Waals surface area contributed by atoms with Crippen molar-refractivity contribution in [3.05, 3.63) is 30.1 Å². The predicted molar refractivity (Wildman–Crippen MR) is 70.4 cm³/mol. The third kappa shape index (κ3) is 3.53. The maximum absolute atomic E-state index is 12.8. The van der Waals surface area contributed by atoms with Crippen molar-refractivity contribution in [3.8, 4) is 0 Å². The molecule has 1 fully saturated rings. The molecular weight excluding hydrogens is 231 g/mol. The molecule has 0 spiro atoms. The smallest absolute Gasteiger partial charge is 0.123 e. The van der Waals surface area contributed by atoms with Crippen molar-refractivity contribution in [2.75, 3.05) is 37.6 Å². The molecule has 2 rings (SSSR count). The molecule has 0 unspecified atom stereocenters. The molecule has 4 heteroatoms. The van der Waals surface area contributed by atoms with Crippen LogP contribution < -0.4 is 4.90 Å². The van der Waals surface area contributed by atoms with Crippen LogP contribution in [0.2, 0.25) is 0 Å². The Morgan fingerprint density at radius 1 is 1.11 bits per heavy atom. The van der Waals surface area contributed by atoms with E-state index in [0.29, 0.717) is 6.42 Å². The van der Waals surface area contributed by atoms with Crippen LogP contribution in [0.5, 0.6) is 0 Å². The molecule has 1 aliphatic heterocycles. The number of hydrogen-bond acceptors (Lipinski definition) is 3. The summed E-state index contributed by atoms with van der Waals surface area (Å²) >= 11 is 0. The van der Waals surface area contributed by atoms with Crippen LogP contribution in [-0.2, 0) is 4.79 Å². The quantitative estimate of drug-likeness (QED) is 0.589. The normalized spacial score (nSPS) is 16.8. The number of nitrogens with zero attached hydrogens (tertiary/aromatic N) is 2. The molecule has 1 aliphatic rings. The summed E-state index contributed by atoms with van der Waals surface area (Å²) in [5.41, 5.74) is 1.09. The van der Waals surface area contributed by atoms with Gasteiger partial charge in [0.2, 0.25) is 0 Å². The molecule has 0 aliphatic carbocycles. The standard InChI is InChI=1S/C14H19FN2O/c15-13-3-5-14(6-4-13)17-10-8-16(9-11-17)7-1-2-12-18/h3-6,12H,1-2,7-11H2. The lowest BCUT2D eigenvalue weighted by atomic mass is 10.2. The number of unbranched alkanes of at least 4 members (excludes halogenated alkanes) is 1. The maximum Gasteiger partial charge on any atom is 0.123 e. The van der Waals surface area contributed by atoms with Gasteiger partial charge in [-0.1, -0.05) is 0 Å². The van der Waals surface area contributed by atoms with Crippen molar-refractivity contribution in [2.45, 2.75) is 12.8 Å². The molecule has 0 aromatic heterocycles. The first kappa shape index (κ1) is 13.0. The first-order chi connectivity index (χ1) is 8.79. The Hall–Kier alpha value is -1.42. The Kier molecular flexibility index (Phi) is 4.70. The molecule has 1 aromatic rings. The van der Waals surface area contributed by atoms with Gasteiger partial charge in [-0.05, 0) is 37.2 Å². The van der Waals surface area contributed by atoms with Crippen molar-refractivity contribution in [2.24, 2.45) is 0 Å².